The standard InChI is InChI=1S/C13H21N5/c1-2-6-17(7-3-1)12-10-15-13(16-11-12)18-8-4-14-5-9-18/h10-11,14H,1-9H2. The maximum Gasteiger partial charge on any atom is 0.225 e. The van der Waals surface area contributed by atoms with E-state index in [0.717, 1.165) is 45.2 Å². The molecular weight excluding hydrogens is 226 g/mol. The van der Waals surface area contributed by atoms with Crippen LogP contribution in [0.5, 0.6) is 0 Å². The van der Waals surface area contributed by atoms with Crippen LogP contribution >= 0.6 is 0 Å². The molecule has 0 aliphatic carbocycles. The monoisotopic (exact) mass is 247 g/mol. The van der Waals surface area contributed by atoms with Gasteiger partial charge in [0, 0.05) is 39.3 Å². The van der Waals surface area contributed by atoms with Crippen molar-refractivity contribution in [1.29, 1.82) is 0 Å². The largest absolute Gasteiger partial charge is 0.369 e. The van der Waals surface area contributed by atoms with E-state index < -0.39 is 0 Å². The zero-order valence-electron chi connectivity index (χ0n) is 10.8. The summed E-state index contributed by atoms with van der Waals surface area (Å²) in [4.78, 5) is 13.7. The first kappa shape index (κ1) is 11.7. The summed E-state index contributed by atoms with van der Waals surface area (Å²) in [6, 6.07) is 0. The number of hydrogen-bond acceptors (Lipinski definition) is 5. The summed E-state index contributed by atoms with van der Waals surface area (Å²) in [6.07, 6.45) is 7.90. The zero-order valence-corrected chi connectivity index (χ0v) is 10.8. The van der Waals surface area contributed by atoms with Gasteiger partial charge in [-0.3, -0.25) is 0 Å². The van der Waals surface area contributed by atoms with Crippen LogP contribution in [-0.2, 0) is 0 Å². The van der Waals surface area contributed by atoms with Gasteiger partial charge in [-0.25, -0.2) is 9.97 Å². The average molecular weight is 247 g/mol. The molecular formula is C13H21N5. The molecule has 1 aromatic rings. The van der Waals surface area contributed by atoms with Crippen molar-refractivity contribution in [3.8, 4) is 0 Å². The van der Waals surface area contributed by atoms with Crippen LogP contribution in [-0.4, -0.2) is 49.2 Å². The molecule has 98 valence electrons. The fourth-order valence-electron chi connectivity index (χ4n) is 2.66. The Morgan fingerprint density at radius 1 is 0.833 bits per heavy atom. The zero-order chi connectivity index (χ0) is 12.2. The average Bonchev–Trinajstić information content (AvgIpc) is 2.49. The highest BCUT2D eigenvalue weighted by Gasteiger charge is 2.15. The smallest absolute Gasteiger partial charge is 0.225 e. The molecule has 3 rings (SSSR count). The van der Waals surface area contributed by atoms with Crippen molar-refractivity contribution in [1.82, 2.24) is 15.3 Å². The lowest BCUT2D eigenvalue weighted by molar-refractivity contribution is 0.572. The normalized spacial score (nSPS) is 21.1. The lowest BCUT2D eigenvalue weighted by Crippen LogP contribution is -2.44. The van der Waals surface area contributed by atoms with E-state index in [4.69, 9.17) is 0 Å². The second kappa shape index (κ2) is 5.52. The van der Waals surface area contributed by atoms with Gasteiger partial charge in [0.1, 0.15) is 0 Å². The fraction of sp³-hybridized carbons (Fsp3) is 0.692. The molecule has 2 aliphatic heterocycles. The van der Waals surface area contributed by atoms with Crippen LogP contribution in [0, 0.1) is 0 Å². The molecule has 0 atom stereocenters. The molecule has 0 unspecified atom stereocenters. The van der Waals surface area contributed by atoms with Gasteiger partial charge in [0.15, 0.2) is 0 Å². The Kier molecular flexibility index (Phi) is 3.59. The number of rotatable bonds is 2. The van der Waals surface area contributed by atoms with Crippen molar-refractivity contribution >= 4 is 11.6 Å². The van der Waals surface area contributed by atoms with Crippen LogP contribution in [0.2, 0.25) is 0 Å². The molecule has 2 aliphatic rings. The van der Waals surface area contributed by atoms with Crippen molar-refractivity contribution in [2.45, 2.75) is 19.3 Å². The second-order valence-corrected chi connectivity index (χ2v) is 5.03. The number of piperidine rings is 1. The first-order valence-corrected chi connectivity index (χ1v) is 6.96. The molecule has 0 saturated carbocycles. The third-order valence-corrected chi connectivity index (χ3v) is 3.75. The molecule has 5 heteroatoms. The summed E-state index contributed by atoms with van der Waals surface area (Å²) in [6.45, 7) is 6.35. The Morgan fingerprint density at radius 3 is 2.17 bits per heavy atom. The van der Waals surface area contributed by atoms with E-state index in [9.17, 15) is 0 Å². The maximum atomic E-state index is 4.52. The van der Waals surface area contributed by atoms with Crippen molar-refractivity contribution in [2.24, 2.45) is 0 Å². The van der Waals surface area contributed by atoms with Crippen molar-refractivity contribution < 1.29 is 0 Å². The summed E-state index contributed by atoms with van der Waals surface area (Å²) < 4.78 is 0. The van der Waals surface area contributed by atoms with E-state index >= 15 is 0 Å². The van der Waals surface area contributed by atoms with E-state index in [2.05, 4.69) is 25.1 Å². The number of hydrogen-bond donors (Lipinski definition) is 1. The Bertz CT molecular complexity index is 328. The fourth-order valence-corrected chi connectivity index (χ4v) is 2.66. The molecule has 0 bridgehead atoms. The highest BCUT2D eigenvalue weighted by atomic mass is 15.3. The van der Waals surface area contributed by atoms with Crippen LogP contribution in [0.3, 0.4) is 0 Å². The lowest BCUT2D eigenvalue weighted by atomic mass is 10.1. The lowest BCUT2D eigenvalue weighted by Gasteiger charge is -2.30. The number of piperazine rings is 1. The molecule has 5 nitrogen and oxygen atoms in total. The predicted molar refractivity (Wildman–Crippen MR) is 73.2 cm³/mol. The number of anilines is 2. The summed E-state index contributed by atoms with van der Waals surface area (Å²) in [5, 5.41) is 3.34. The van der Waals surface area contributed by atoms with Crippen LogP contribution in [0.15, 0.2) is 12.4 Å². The number of nitrogens with zero attached hydrogens (tertiary/aromatic N) is 4. The van der Waals surface area contributed by atoms with Crippen molar-refractivity contribution in [2.75, 3.05) is 49.1 Å². The minimum atomic E-state index is 0.872. The summed E-state index contributed by atoms with van der Waals surface area (Å²) in [5.74, 6) is 0.872. The molecule has 0 aromatic carbocycles. The van der Waals surface area contributed by atoms with E-state index in [-0.39, 0.29) is 0 Å². The summed E-state index contributed by atoms with van der Waals surface area (Å²) in [7, 11) is 0. The molecule has 1 N–H and O–H groups in total. The SMILES string of the molecule is c1nc(N2CCNCC2)ncc1N1CCCCC1. The molecule has 3 heterocycles. The van der Waals surface area contributed by atoms with E-state index in [1.54, 1.807) is 0 Å². The van der Waals surface area contributed by atoms with Gasteiger partial charge in [-0.1, -0.05) is 0 Å². The van der Waals surface area contributed by atoms with Gasteiger partial charge in [0.05, 0.1) is 18.1 Å². The molecule has 2 saturated heterocycles. The minimum absolute atomic E-state index is 0.872. The Balaban J connectivity index is 1.67. The first-order chi connectivity index (χ1) is 8.93. The summed E-state index contributed by atoms with van der Waals surface area (Å²) in [5.41, 5.74) is 1.17. The third-order valence-electron chi connectivity index (χ3n) is 3.75. The van der Waals surface area contributed by atoms with E-state index in [1.807, 2.05) is 12.4 Å². The third kappa shape index (κ3) is 2.56. The molecule has 0 spiro atoms. The van der Waals surface area contributed by atoms with Gasteiger partial charge in [0.2, 0.25) is 5.95 Å². The predicted octanol–water partition coefficient (Wildman–Crippen LogP) is 0.876. The second-order valence-electron chi connectivity index (χ2n) is 5.03. The van der Waals surface area contributed by atoms with Gasteiger partial charge < -0.3 is 15.1 Å². The van der Waals surface area contributed by atoms with Gasteiger partial charge in [-0.05, 0) is 19.3 Å². The van der Waals surface area contributed by atoms with Crippen molar-refractivity contribution in [3.05, 3.63) is 12.4 Å². The van der Waals surface area contributed by atoms with Crippen molar-refractivity contribution in [3.63, 3.8) is 0 Å². The van der Waals surface area contributed by atoms with Gasteiger partial charge in [-0.15, -0.1) is 0 Å². The van der Waals surface area contributed by atoms with E-state index in [0.29, 0.717) is 0 Å². The highest BCUT2D eigenvalue weighted by Crippen LogP contribution is 2.19. The maximum absolute atomic E-state index is 4.52. The first-order valence-electron chi connectivity index (χ1n) is 6.96. The Hall–Kier alpha value is -1.36. The molecule has 18 heavy (non-hydrogen) atoms. The van der Waals surface area contributed by atoms with Crippen LogP contribution < -0.4 is 15.1 Å². The quantitative estimate of drug-likeness (QED) is 0.840. The van der Waals surface area contributed by atoms with Crippen LogP contribution in [0.1, 0.15) is 19.3 Å². The topological polar surface area (TPSA) is 44.3 Å². The van der Waals surface area contributed by atoms with E-state index in [1.165, 1.54) is 24.9 Å². The minimum Gasteiger partial charge on any atom is -0.369 e. The molecule has 0 radical (unpaired) electrons. The Labute approximate surface area is 108 Å². The Morgan fingerprint density at radius 2 is 1.50 bits per heavy atom. The molecule has 2 fully saturated rings. The molecule has 0 amide bonds. The molecule has 1 aromatic heterocycles. The van der Waals surface area contributed by atoms with Gasteiger partial charge in [0.25, 0.3) is 0 Å². The van der Waals surface area contributed by atoms with Gasteiger partial charge >= 0.3 is 0 Å². The van der Waals surface area contributed by atoms with Crippen LogP contribution in [0.25, 0.3) is 0 Å². The van der Waals surface area contributed by atoms with Gasteiger partial charge in [-0.2, -0.15) is 0 Å². The number of nitrogens with one attached hydrogen (secondary N) is 1. The summed E-state index contributed by atoms with van der Waals surface area (Å²) >= 11 is 0. The highest BCUT2D eigenvalue weighted by molar-refractivity contribution is 5.45. The van der Waals surface area contributed by atoms with Crippen LogP contribution in [0.4, 0.5) is 11.6 Å². The number of aromatic nitrogens is 2.